The minimum Gasteiger partial charge on any atom is -0.408 e. The molecule has 1 amide bonds. The predicted octanol–water partition coefficient (Wildman–Crippen LogP) is 2.26. The van der Waals surface area contributed by atoms with E-state index in [-0.39, 0.29) is 5.91 Å². The number of hydrogen-bond acceptors (Lipinski definition) is 4. The van der Waals surface area contributed by atoms with Gasteiger partial charge < -0.3 is 9.73 Å². The maximum absolute atomic E-state index is 12.4. The van der Waals surface area contributed by atoms with Crippen LogP contribution in [0.15, 0.2) is 51.8 Å². The number of H-pyrrole nitrogens is 1. The minimum absolute atomic E-state index is 0.280. The van der Waals surface area contributed by atoms with Gasteiger partial charge >= 0.3 is 5.76 Å². The second kappa shape index (κ2) is 4.84. The van der Waals surface area contributed by atoms with Crippen molar-refractivity contribution >= 4 is 33.6 Å². The first-order valence-electron chi connectivity index (χ1n) is 6.96. The number of rotatable bonds is 2. The van der Waals surface area contributed by atoms with Crippen LogP contribution in [0, 0.1) is 0 Å². The molecule has 23 heavy (non-hydrogen) atoms. The molecule has 0 saturated heterocycles. The van der Waals surface area contributed by atoms with Crippen molar-refractivity contribution in [1.82, 2.24) is 14.8 Å². The Labute approximate surface area is 129 Å². The number of fused-ring (bicyclic) bond motifs is 2. The van der Waals surface area contributed by atoms with Crippen molar-refractivity contribution in [3.05, 3.63) is 58.7 Å². The lowest BCUT2D eigenvalue weighted by molar-refractivity contribution is 0.102. The van der Waals surface area contributed by atoms with E-state index in [0.29, 0.717) is 22.4 Å². The highest BCUT2D eigenvalue weighted by molar-refractivity contribution is 6.06. The van der Waals surface area contributed by atoms with Gasteiger partial charge in [0.05, 0.1) is 17.2 Å². The topological polar surface area (TPSA) is 92.9 Å². The zero-order valence-corrected chi connectivity index (χ0v) is 12.2. The average molecular weight is 308 g/mol. The maximum atomic E-state index is 12.4. The Morgan fingerprint density at radius 1 is 1.26 bits per heavy atom. The zero-order valence-electron chi connectivity index (χ0n) is 12.2. The number of carbonyl (C=O) groups excluding carboxylic acids is 1. The number of hydrogen-bond donors (Lipinski definition) is 2. The van der Waals surface area contributed by atoms with Crippen molar-refractivity contribution in [3.8, 4) is 0 Å². The van der Waals surface area contributed by atoms with E-state index in [2.05, 4.69) is 15.5 Å². The summed E-state index contributed by atoms with van der Waals surface area (Å²) in [6, 6.07) is 10.4. The molecule has 2 aromatic heterocycles. The molecule has 0 radical (unpaired) electrons. The summed E-state index contributed by atoms with van der Waals surface area (Å²) < 4.78 is 6.49. The molecule has 0 atom stereocenters. The van der Waals surface area contributed by atoms with Gasteiger partial charge in [0.2, 0.25) is 0 Å². The van der Waals surface area contributed by atoms with Crippen LogP contribution in [0.5, 0.6) is 0 Å². The number of nitrogens with zero attached hydrogens (tertiary/aromatic N) is 2. The first kappa shape index (κ1) is 13.3. The van der Waals surface area contributed by atoms with E-state index in [9.17, 15) is 9.59 Å². The van der Waals surface area contributed by atoms with Crippen LogP contribution in [0.2, 0.25) is 0 Å². The molecule has 0 aliphatic rings. The van der Waals surface area contributed by atoms with Gasteiger partial charge in [0.15, 0.2) is 5.58 Å². The van der Waals surface area contributed by atoms with Crippen molar-refractivity contribution in [2.24, 2.45) is 7.05 Å². The fourth-order valence-corrected chi connectivity index (χ4v) is 2.49. The third-order valence-corrected chi connectivity index (χ3v) is 3.75. The van der Waals surface area contributed by atoms with Crippen LogP contribution in [0.1, 0.15) is 10.4 Å². The molecule has 4 rings (SSSR count). The van der Waals surface area contributed by atoms with E-state index < -0.39 is 5.76 Å². The quantitative estimate of drug-likeness (QED) is 0.594. The molecule has 7 heteroatoms. The number of anilines is 1. The standard InChI is InChI=1S/C16H12N4O3/c1-20-13-5-3-9(6-14(13)23-16(20)22)15(21)18-11-4-2-10-8-17-19-12(10)7-11/h2-8H,1H3,(H,17,19)(H,18,21). The molecule has 2 N–H and O–H groups in total. The first-order chi connectivity index (χ1) is 11.1. The fourth-order valence-electron chi connectivity index (χ4n) is 2.49. The molecule has 114 valence electrons. The predicted molar refractivity (Wildman–Crippen MR) is 85.5 cm³/mol. The van der Waals surface area contributed by atoms with E-state index in [1.807, 2.05) is 6.07 Å². The summed E-state index contributed by atoms with van der Waals surface area (Å²) in [7, 11) is 1.62. The maximum Gasteiger partial charge on any atom is 0.419 e. The lowest BCUT2D eigenvalue weighted by atomic mass is 10.2. The van der Waals surface area contributed by atoms with Crippen LogP contribution < -0.4 is 11.1 Å². The third kappa shape index (κ3) is 2.18. The molecule has 2 aromatic carbocycles. The highest BCUT2D eigenvalue weighted by Crippen LogP contribution is 2.19. The van der Waals surface area contributed by atoms with Crippen LogP contribution in [-0.4, -0.2) is 20.7 Å². The van der Waals surface area contributed by atoms with Crippen LogP contribution >= 0.6 is 0 Å². The summed E-state index contributed by atoms with van der Waals surface area (Å²) in [5.74, 6) is -0.737. The van der Waals surface area contributed by atoms with Crippen LogP contribution in [-0.2, 0) is 7.05 Å². The fraction of sp³-hybridized carbons (Fsp3) is 0.0625. The van der Waals surface area contributed by atoms with Crippen molar-refractivity contribution in [3.63, 3.8) is 0 Å². The largest absolute Gasteiger partial charge is 0.419 e. The average Bonchev–Trinajstić information content (AvgIpc) is 3.11. The number of aryl methyl sites for hydroxylation is 1. The highest BCUT2D eigenvalue weighted by atomic mass is 16.4. The Balaban J connectivity index is 1.66. The molecule has 0 bridgehead atoms. The Bertz CT molecular complexity index is 1100. The number of aromatic nitrogens is 3. The summed E-state index contributed by atoms with van der Waals surface area (Å²) in [4.78, 5) is 23.9. The van der Waals surface area contributed by atoms with Gasteiger partial charge in [0.25, 0.3) is 5.91 Å². The molecule has 0 unspecified atom stereocenters. The van der Waals surface area contributed by atoms with Crippen LogP contribution in [0.25, 0.3) is 22.0 Å². The molecule has 2 heterocycles. The van der Waals surface area contributed by atoms with E-state index in [4.69, 9.17) is 4.42 Å². The zero-order chi connectivity index (χ0) is 16.0. The summed E-state index contributed by atoms with van der Waals surface area (Å²) in [6.45, 7) is 0. The van der Waals surface area contributed by atoms with Crippen LogP contribution in [0.4, 0.5) is 5.69 Å². The van der Waals surface area contributed by atoms with Gasteiger partial charge in [-0.3, -0.25) is 14.5 Å². The summed E-state index contributed by atoms with van der Waals surface area (Å²) in [5, 5.41) is 10.6. The molecule has 0 saturated carbocycles. The van der Waals surface area contributed by atoms with Gasteiger partial charge in [0, 0.05) is 23.7 Å². The minimum atomic E-state index is -0.456. The molecular weight excluding hydrogens is 296 g/mol. The molecule has 0 spiro atoms. The second-order valence-electron chi connectivity index (χ2n) is 5.24. The van der Waals surface area contributed by atoms with E-state index >= 15 is 0 Å². The smallest absolute Gasteiger partial charge is 0.408 e. The van der Waals surface area contributed by atoms with Gasteiger partial charge in [-0.2, -0.15) is 5.10 Å². The highest BCUT2D eigenvalue weighted by Gasteiger charge is 2.11. The summed E-state index contributed by atoms with van der Waals surface area (Å²) in [5.41, 5.74) is 2.94. The number of aromatic amines is 1. The Morgan fingerprint density at radius 2 is 2.13 bits per heavy atom. The summed E-state index contributed by atoms with van der Waals surface area (Å²) >= 11 is 0. The SMILES string of the molecule is Cn1c(=O)oc2cc(C(=O)Nc3ccc4cn[nH]c4c3)ccc21. The van der Waals surface area contributed by atoms with Crippen molar-refractivity contribution < 1.29 is 9.21 Å². The molecule has 0 aliphatic heterocycles. The molecule has 0 fully saturated rings. The van der Waals surface area contributed by atoms with Gasteiger partial charge in [-0.15, -0.1) is 0 Å². The number of benzene rings is 2. The lowest BCUT2D eigenvalue weighted by Crippen LogP contribution is -2.11. The number of oxazole rings is 1. The number of amides is 1. The lowest BCUT2D eigenvalue weighted by Gasteiger charge is -2.05. The molecule has 7 nitrogen and oxygen atoms in total. The van der Waals surface area contributed by atoms with E-state index in [0.717, 1.165) is 10.9 Å². The Kier molecular flexibility index (Phi) is 2.80. The van der Waals surface area contributed by atoms with Crippen LogP contribution in [0.3, 0.4) is 0 Å². The van der Waals surface area contributed by atoms with Gasteiger partial charge in [0.1, 0.15) is 0 Å². The molecule has 0 aliphatic carbocycles. The monoisotopic (exact) mass is 308 g/mol. The second-order valence-corrected chi connectivity index (χ2v) is 5.24. The Hall–Kier alpha value is -3.35. The molecule has 4 aromatic rings. The number of nitrogens with one attached hydrogen (secondary N) is 2. The third-order valence-electron chi connectivity index (χ3n) is 3.75. The first-order valence-corrected chi connectivity index (χ1v) is 6.96. The van der Waals surface area contributed by atoms with Gasteiger partial charge in [-0.25, -0.2) is 4.79 Å². The van der Waals surface area contributed by atoms with Crippen molar-refractivity contribution in [2.75, 3.05) is 5.32 Å². The Morgan fingerprint density at radius 3 is 3.00 bits per heavy atom. The van der Waals surface area contributed by atoms with E-state index in [1.54, 1.807) is 43.6 Å². The number of carbonyl (C=O) groups is 1. The normalized spacial score (nSPS) is 11.2. The van der Waals surface area contributed by atoms with Crippen molar-refractivity contribution in [1.29, 1.82) is 0 Å². The van der Waals surface area contributed by atoms with E-state index in [1.165, 1.54) is 4.57 Å². The summed E-state index contributed by atoms with van der Waals surface area (Å²) in [6.07, 6.45) is 1.71. The van der Waals surface area contributed by atoms with Gasteiger partial charge in [-0.05, 0) is 36.4 Å². The molecular formula is C16H12N4O3. The van der Waals surface area contributed by atoms with Crippen molar-refractivity contribution in [2.45, 2.75) is 0 Å². The van der Waals surface area contributed by atoms with Gasteiger partial charge in [-0.1, -0.05) is 0 Å².